The highest BCUT2D eigenvalue weighted by Crippen LogP contribution is 2.12. The van der Waals surface area contributed by atoms with Gasteiger partial charge in [-0.25, -0.2) is 0 Å². The van der Waals surface area contributed by atoms with Crippen LogP contribution in [0.2, 0.25) is 0 Å². The Morgan fingerprint density at radius 3 is 2.33 bits per heavy atom. The van der Waals surface area contributed by atoms with E-state index in [0.29, 0.717) is 13.1 Å². The molecule has 0 fully saturated rings. The van der Waals surface area contributed by atoms with Gasteiger partial charge in [0.15, 0.2) is 0 Å². The second-order valence-corrected chi connectivity index (χ2v) is 6.37. The molecule has 0 bridgehead atoms. The first-order chi connectivity index (χ1) is 10.1. The molecule has 2 aromatic rings. The Morgan fingerprint density at radius 2 is 1.67 bits per heavy atom. The largest absolute Gasteiger partial charge is 0.310 e. The summed E-state index contributed by atoms with van der Waals surface area (Å²) in [6.07, 6.45) is 0. The Bertz CT molecular complexity index is 652. The third-order valence-corrected chi connectivity index (χ3v) is 4.33. The van der Waals surface area contributed by atoms with Crippen LogP contribution in [0.5, 0.6) is 0 Å². The van der Waals surface area contributed by atoms with Crippen LogP contribution in [0.4, 0.5) is 0 Å². The summed E-state index contributed by atoms with van der Waals surface area (Å²) in [6.45, 7) is 3.18. The van der Waals surface area contributed by atoms with Crippen LogP contribution in [0.25, 0.3) is 0 Å². The lowest BCUT2D eigenvalue weighted by molar-refractivity contribution is 0.314. The molecule has 1 N–H and O–H groups in total. The summed E-state index contributed by atoms with van der Waals surface area (Å²) in [6, 6.07) is 16.5. The third kappa shape index (κ3) is 4.97. The Morgan fingerprint density at radius 1 is 1.00 bits per heavy atom. The van der Waals surface area contributed by atoms with Crippen LogP contribution in [0.1, 0.15) is 11.1 Å². The van der Waals surface area contributed by atoms with Crippen LogP contribution < -0.4 is 5.32 Å². The molecule has 5 heteroatoms. The summed E-state index contributed by atoms with van der Waals surface area (Å²) in [7, 11) is -3.66. The highest BCUT2D eigenvalue weighted by atomic mass is 32.2. The van der Waals surface area contributed by atoms with Crippen LogP contribution in [-0.4, -0.2) is 21.6 Å². The SMILES string of the molecule is Cc1ccc(S(=O)(=O)OCCNCc2ccccc2)cc1. The minimum atomic E-state index is -3.66. The number of hydrogen-bond donors (Lipinski definition) is 1. The van der Waals surface area contributed by atoms with Gasteiger partial charge in [0.05, 0.1) is 11.5 Å². The Hall–Kier alpha value is -1.69. The van der Waals surface area contributed by atoms with Gasteiger partial charge in [-0.1, -0.05) is 48.0 Å². The van der Waals surface area contributed by atoms with Crippen molar-refractivity contribution < 1.29 is 12.6 Å². The zero-order valence-electron chi connectivity index (χ0n) is 12.0. The molecule has 2 rings (SSSR count). The van der Waals surface area contributed by atoms with Gasteiger partial charge in [-0.15, -0.1) is 0 Å². The first-order valence-electron chi connectivity index (χ1n) is 6.79. The molecule has 0 aliphatic heterocycles. The van der Waals surface area contributed by atoms with Crippen LogP contribution in [0.3, 0.4) is 0 Å². The fourth-order valence-electron chi connectivity index (χ4n) is 1.83. The summed E-state index contributed by atoms with van der Waals surface area (Å²) >= 11 is 0. The van der Waals surface area contributed by atoms with Crippen LogP contribution in [0, 0.1) is 6.92 Å². The van der Waals surface area contributed by atoms with Gasteiger partial charge in [0.2, 0.25) is 0 Å². The first-order valence-corrected chi connectivity index (χ1v) is 8.19. The molecule has 0 radical (unpaired) electrons. The maximum absolute atomic E-state index is 11.9. The summed E-state index contributed by atoms with van der Waals surface area (Å²) < 4.78 is 28.9. The topological polar surface area (TPSA) is 55.4 Å². The van der Waals surface area contributed by atoms with E-state index in [1.807, 2.05) is 37.3 Å². The molecule has 0 atom stereocenters. The number of aryl methyl sites for hydroxylation is 1. The zero-order chi connectivity index (χ0) is 15.1. The molecule has 0 spiro atoms. The smallest absolute Gasteiger partial charge is 0.297 e. The molecule has 4 nitrogen and oxygen atoms in total. The van der Waals surface area contributed by atoms with Crippen molar-refractivity contribution in [1.29, 1.82) is 0 Å². The van der Waals surface area contributed by atoms with E-state index in [0.717, 1.165) is 11.1 Å². The lowest BCUT2D eigenvalue weighted by Gasteiger charge is -2.07. The van der Waals surface area contributed by atoms with Crippen molar-refractivity contribution in [3.05, 3.63) is 65.7 Å². The van der Waals surface area contributed by atoms with E-state index in [2.05, 4.69) is 5.32 Å². The van der Waals surface area contributed by atoms with E-state index >= 15 is 0 Å². The van der Waals surface area contributed by atoms with Gasteiger partial charge in [0.1, 0.15) is 0 Å². The molecule has 0 unspecified atom stereocenters. The number of benzene rings is 2. The molecule has 2 aromatic carbocycles. The minimum Gasteiger partial charge on any atom is -0.310 e. The van der Waals surface area contributed by atoms with Gasteiger partial charge in [0, 0.05) is 13.1 Å². The predicted molar refractivity (Wildman–Crippen MR) is 82.5 cm³/mol. The maximum atomic E-state index is 11.9. The summed E-state index contributed by atoms with van der Waals surface area (Å²) in [5.74, 6) is 0. The Balaban J connectivity index is 1.76. The molecular weight excluding hydrogens is 286 g/mol. The van der Waals surface area contributed by atoms with E-state index in [9.17, 15) is 8.42 Å². The second-order valence-electron chi connectivity index (χ2n) is 4.75. The normalized spacial score (nSPS) is 11.5. The quantitative estimate of drug-likeness (QED) is 0.631. The summed E-state index contributed by atoms with van der Waals surface area (Å²) in [4.78, 5) is 0.191. The lowest BCUT2D eigenvalue weighted by atomic mass is 10.2. The van der Waals surface area contributed by atoms with E-state index < -0.39 is 10.1 Å². The molecule has 0 saturated carbocycles. The molecule has 0 heterocycles. The first kappa shape index (κ1) is 15.7. The monoisotopic (exact) mass is 305 g/mol. The summed E-state index contributed by atoms with van der Waals surface area (Å²) in [5, 5.41) is 3.15. The fraction of sp³-hybridized carbons (Fsp3) is 0.250. The molecule has 0 aromatic heterocycles. The van der Waals surface area contributed by atoms with E-state index in [4.69, 9.17) is 4.18 Å². The standard InChI is InChI=1S/C16H19NO3S/c1-14-7-9-16(10-8-14)21(18,19)20-12-11-17-13-15-5-3-2-4-6-15/h2-10,17H,11-13H2,1H3. The maximum Gasteiger partial charge on any atom is 0.297 e. The average Bonchev–Trinajstić information content (AvgIpc) is 2.48. The molecule has 0 amide bonds. The highest BCUT2D eigenvalue weighted by Gasteiger charge is 2.14. The molecular formula is C16H19NO3S. The predicted octanol–water partition coefficient (Wildman–Crippen LogP) is 2.49. The van der Waals surface area contributed by atoms with Gasteiger partial charge < -0.3 is 5.32 Å². The lowest BCUT2D eigenvalue weighted by Crippen LogP contribution is -2.21. The van der Waals surface area contributed by atoms with Gasteiger partial charge >= 0.3 is 0 Å². The number of rotatable bonds is 7. The van der Waals surface area contributed by atoms with Gasteiger partial charge in [-0.3, -0.25) is 4.18 Å². The van der Waals surface area contributed by atoms with Crippen LogP contribution in [-0.2, 0) is 20.8 Å². The molecule has 0 aliphatic rings. The van der Waals surface area contributed by atoms with Crippen LogP contribution in [0.15, 0.2) is 59.5 Å². The van der Waals surface area contributed by atoms with Crippen LogP contribution >= 0.6 is 0 Å². The minimum absolute atomic E-state index is 0.114. The molecule has 0 aliphatic carbocycles. The fourth-order valence-corrected chi connectivity index (χ4v) is 2.73. The average molecular weight is 305 g/mol. The Labute approximate surface area is 125 Å². The van der Waals surface area contributed by atoms with Crippen molar-refractivity contribution in [2.45, 2.75) is 18.4 Å². The number of hydrogen-bond acceptors (Lipinski definition) is 4. The van der Waals surface area contributed by atoms with Crippen molar-refractivity contribution >= 4 is 10.1 Å². The number of nitrogens with one attached hydrogen (secondary N) is 1. The Kier molecular flexibility index (Phi) is 5.50. The highest BCUT2D eigenvalue weighted by molar-refractivity contribution is 7.86. The van der Waals surface area contributed by atoms with Crippen molar-refractivity contribution in [1.82, 2.24) is 5.32 Å². The van der Waals surface area contributed by atoms with E-state index in [1.165, 1.54) is 0 Å². The van der Waals surface area contributed by atoms with Crippen molar-refractivity contribution in [3.8, 4) is 0 Å². The zero-order valence-corrected chi connectivity index (χ0v) is 12.8. The third-order valence-electron chi connectivity index (χ3n) is 3.00. The second kappa shape index (κ2) is 7.36. The van der Waals surface area contributed by atoms with E-state index in [1.54, 1.807) is 24.3 Å². The molecule has 112 valence electrons. The van der Waals surface area contributed by atoms with Gasteiger partial charge in [-0.2, -0.15) is 8.42 Å². The van der Waals surface area contributed by atoms with E-state index in [-0.39, 0.29) is 11.5 Å². The summed E-state index contributed by atoms with van der Waals surface area (Å²) in [5.41, 5.74) is 2.16. The van der Waals surface area contributed by atoms with Crippen molar-refractivity contribution in [2.75, 3.05) is 13.2 Å². The van der Waals surface area contributed by atoms with Gasteiger partial charge in [0.25, 0.3) is 10.1 Å². The molecule has 0 saturated heterocycles. The molecule has 21 heavy (non-hydrogen) atoms. The van der Waals surface area contributed by atoms with Crippen molar-refractivity contribution in [2.24, 2.45) is 0 Å². The van der Waals surface area contributed by atoms with Crippen molar-refractivity contribution in [3.63, 3.8) is 0 Å². The van der Waals surface area contributed by atoms with Gasteiger partial charge in [-0.05, 0) is 24.6 Å².